The molecule has 0 saturated carbocycles. The van der Waals surface area contributed by atoms with Crippen molar-refractivity contribution in [2.75, 3.05) is 7.05 Å². The second kappa shape index (κ2) is 5.35. The lowest BCUT2D eigenvalue weighted by Crippen LogP contribution is -2.26. The fourth-order valence-electron chi connectivity index (χ4n) is 1.74. The summed E-state index contributed by atoms with van der Waals surface area (Å²) in [7, 11) is -2.03. The monoisotopic (exact) mass is 364 g/mol. The lowest BCUT2D eigenvalue weighted by molar-refractivity contribution is 0.389. The molecule has 0 unspecified atom stereocenters. The summed E-state index contributed by atoms with van der Waals surface area (Å²) in [6.45, 7) is 3.55. The highest BCUT2D eigenvalue weighted by Gasteiger charge is 2.28. The zero-order chi connectivity index (χ0) is 14.2. The number of sulfonamides is 1. The van der Waals surface area contributed by atoms with Gasteiger partial charge in [-0.2, -0.15) is 4.31 Å². The molecule has 2 aromatic heterocycles. The fraction of sp³-hybridized carbons (Fsp3) is 0.364. The van der Waals surface area contributed by atoms with E-state index in [1.165, 1.54) is 15.6 Å². The Bertz CT molecular complexity index is 671. The van der Waals surface area contributed by atoms with E-state index in [-0.39, 0.29) is 4.90 Å². The van der Waals surface area contributed by atoms with Crippen molar-refractivity contribution >= 4 is 37.3 Å². The molecule has 0 spiro atoms. The first-order valence-corrected chi connectivity index (χ1v) is 8.55. The van der Waals surface area contributed by atoms with Crippen LogP contribution in [-0.4, -0.2) is 24.9 Å². The molecule has 2 aromatic rings. The summed E-state index contributed by atoms with van der Waals surface area (Å²) < 4.78 is 32.1. The Labute approximate surface area is 124 Å². The number of aryl methyl sites for hydroxylation is 2. The van der Waals surface area contributed by atoms with E-state index in [2.05, 4.69) is 21.1 Å². The van der Waals surface area contributed by atoms with Gasteiger partial charge < -0.3 is 4.52 Å². The molecule has 0 aromatic carbocycles. The third-order valence-electron chi connectivity index (χ3n) is 2.64. The first-order chi connectivity index (χ1) is 8.82. The summed E-state index contributed by atoms with van der Waals surface area (Å²) in [5.41, 5.74) is 0.386. The standard InChI is InChI=1S/C11H13BrN2O3S2/c1-7-11(8(2)17-13-7)19(15,16)14(3)5-10-4-9(12)6-18-10/h4,6H,5H2,1-3H3. The second-order valence-electron chi connectivity index (χ2n) is 4.15. The lowest BCUT2D eigenvalue weighted by Gasteiger charge is -2.15. The van der Waals surface area contributed by atoms with Crippen molar-refractivity contribution in [2.45, 2.75) is 25.3 Å². The molecule has 0 aliphatic rings. The Kier molecular flexibility index (Phi) is 4.14. The molecule has 0 bridgehead atoms. The predicted octanol–water partition coefficient (Wildman–Crippen LogP) is 2.94. The number of hydrogen-bond donors (Lipinski definition) is 0. The Morgan fingerprint density at radius 1 is 1.47 bits per heavy atom. The second-order valence-corrected chi connectivity index (χ2v) is 8.04. The van der Waals surface area contributed by atoms with Gasteiger partial charge in [0.15, 0.2) is 5.76 Å². The Hall–Kier alpha value is -0.700. The normalized spacial score (nSPS) is 12.3. The van der Waals surface area contributed by atoms with E-state index in [1.54, 1.807) is 20.9 Å². The van der Waals surface area contributed by atoms with Crippen molar-refractivity contribution in [3.8, 4) is 0 Å². The van der Waals surface area contributed by atoms with Crippen LogP contribution in [0.25, 0.3) is 0 Å². The van der Waals surface area contributed by atoms with Gasteiger partial charge in [0.25, 0.3) is 0 Å². The number of hydrogen-bond acceptors (Lipinski definition) is 5. The maximum absolute atomic E-state index is 12.5. The van der Waals surface area contributed by atoms with Crippen LogP contribution in [0, 0.1) is 13.8 Å². The maximum atomic E-state index is 12.5. The van der Waals surface area contributed by atoms with E-state index in [0.29, 0.717) is 18.0 Å². The van der Waals surface area contributed by atoms with Crippen LogP contribution < -0.4 is 0 Å². The number of aromatic nitrogens is 1. The number of nitrogens with zero attached hydrogens (tertiary/aromatic N) is 2. The van der Waals surface area contributed by atoms with Gasteiger partial charge in [-0.3, -0.25) is 0 Å². The Morgan fingerprint density at radius 3 is 2.63 bits per heavy atom. The molecule has 0 N–H and O–H groups in total. The van der Waals surface area contributed by atoms with Gasteiger partial charge in [0.1, 0.15) is 10.6 Å². The predicted molar refractivity (Wildman–Crippen MR) is 76.6 cm³/mol. The third kappa shape index (κ3) is 2.91. The molecule has 8 heteroatoms. The summed E-state index contributed by atoms with van der Waals surface area (Å²) in [5, 5.41) is 5.61. The molecule has 0 amide bonds. The molecule has 0 fully saturated rings. The summed E-state index contributed by atoms with van der Waals surface area (Å²) >= 11 is 4.86. The first kappa shape index (κ1) is 14.7. The summed E-state index contributed by atoms with van der Waals surface area (Å²) in [4.78, 5) is 1.12. The van der Waals surface area contributed by atoms with Crippen molar-refractivity contribution in [3.63, 3.8) is 0 Å². The third-order valence-corrected chi connectivity index (χ3v) is 6.37. The Balaban J connectivity index is 2.30. The SMILES string of the molecule is Cc1noc(C)c1S(=O)(=O)N(C)Cc1cc(Br)cs1. The van der Waals surface area contributed by atoms with Gasteiger partial charge in [-0.25, -0.2) is 8.42 Å². The number of thiophene rings is 1. The number of rotatable bonds is 4. The average Bonchev–Trinajstić information content (AvgIpc) is 2.85. The smallest absolute Gasteiger partial charge is 0.248 e. The largest absolute Gasteiger partial charge is 0.360 e. The minimum atomic E-state index is -3.58. The van der Waals surface area contributed by atoms with E-state index >= 15 is 0 Å². The van der Waals surface area contributed by atoms with Crippen LogP contribution in [0.15, 0.2) is 25.3 Å². The molecule has 0 saturated heterocycles. The van der Waals surface area contributed by atoms with Gasteiger partial charge in [-0.15, -0.1) is 11.3 Å². The van der Waals surface area contributed by atoms with Gasteiger partial charge in [0.05, 0.1) is 0 Å². The van der Waals surface area contributed by atoms with Crippen LogP contribution in [0.3, 0.4) is 0 Å². The van der Waals surface area contributed by atoms with E-state index < -0.39 is 10.0 Å². The van der Waals surface area contributed by atoms with Gasteiger partial charge >= 0.3 is 0 Å². The lowest BCUT2D eigenvalue weighted by atomic mass is 10.4. The molecule has 19 heavy (non-hydrogen) atoms. The van der Waals surface area contributed by atoms with E-state index in [9.17, 15) is 8.42 Å². The van der Waals surface area contributed by atoms with Crippen molar-refractivity contribution in [2.24, 2.45) is 0 Å². The minimum absolute atomic E-state index is 0.158. The molecule has 0 atom stereocenters. The van der Waals surface area contributed by atoms with Crippen LogP contribution in [-0.2, 0) is 16.6 Å². The molecular formula is C11H13BrN2O3S2. The van der Waals surface area contributed by atoms with Gasteiger partial charge in [0, 0.05) is 28.3 Å². The topological polar surface area (TPSA) is 63.4 Å². The molecular weight excluding hydrogens is 352 g/mol. The number of halogens is 1. The average molecular weight is 365 g/mol. The van der Waals surface area contributed by atoms with Crippen molar-refractivity contribution in [1.29, 1.82) is 0 Å². The molecule has 2 rings (SSSR count). The molecule has 104 valence electrons. The zero-order valence-electron chi connectivity index (χ0n) is 10.7. The van der Waals surface area contributed by atoms with E-state index in [1.807, 2.05) is 11.4 Å². The highest BCUT2D eigenvalue weighted by Crippen LogP contribution is 2.26. The summed E-state index contributed by atoms with van der Waals surface area (Å²) in [6.07, 6.45) is 0. The van der Waals surface area contributed by atoms with Crippen molar-refractivity contribution in [1.82, 2.24) is 9.46 Å². The van der Waals surface area contributed by atoms with Crippen molar-refractivity contribution < 1.29 is 12.9 Å². The molecule has 0 aliphatic carbocycles. The van der Waals surface area contributed by atoms with E-state index in [4.69, 9.17) is 4.52 Å². The maximum Gasteiger partial charge on any atom is 0.248 e. The first-order valence-electron chi connectivity index (χ1n) is 5.44. The van der Waals surface area contributed by atoms with E-state index in [0.717, 1.165) is 9.35 Å². The Morgan fingerprint density at radius 2 is 2.16 bits per heavy atom. The summed E-state index contributed by atoms with van der Waals surface area (Å²) in [5.74, 6) is 0.316. The van der Waals surface area contributed by atoms with Gasteiger partial charge in [-0.05, 0) is 35.8 Å². The van der Waals surface area contributed by atoms with Gasteiger partial charge in [0.2, 0.25) is 10.0 Å². The van der Waals surface area contributed by atoms with Crippen molar-refractivity contribution in [3.05, 3.63) is 32.3 Å². The van der Waals surface area contributed by atoms with Crippen LogP contribution in [0.1, 0.15) is 16.3 Å². The van der Waals surface area contributed by atoms with Gasteiger partial charge in [-0.1, -0.05) is 5.16 Å². The van der Waals surface area contributed by atoms with Crippen LogP contribution in [0.4, 0.5) is 0 Å². The molecule has 0 radical (unpaired) electrons. The minimum Gasteiger partial charge on any atom is -0.360 e. The molecule has 0 aliphatic heterocycles. The summed E-state index contributed by atoms with van der Waals surface area (Å²) in [6, 6.07) is 1.91. The molecule has 5 nitrogen and oxygen atoms in total. The highest BCUT2D eigenvalue weighted by atomic mass is 79.9. The van der Waals surface area contributed by atoms with Crippen LogP contribution >= 0.6 is 27.3 Å². The zero-order valence-corrected chi connectivity index (χ0v) is 13.9. The van der Waals surface area contributed by atoms with Crippen LogP contribution in [0.5, 0.6) is 0 Å². The highest BCUT2D eigenvalue weighted by molar-refractivity contribution is 9.10. The fourth-order valence-corrected chi connectivity index (χ4v) is 4.76. The molecule has 2 heterocycles. The van der Waals surface area contributed by atoms with Crippen LogP contribution in [0.2, 0.25) is 0 Å². The quantitative estimate of drug-likeness (QED) is 0.836.